The summed E-state index contributed by atoms with van der Waals surface area (Å²) in [6, 6.07) is 0. The Labute approximate surface area is 142 Å². The fourth-order valence-electron chi connectivity index (χ4n) is 2.23. The van der Waals surface area contributed by atoms with Gasteiger partial charge in [-0.25, -0.2) is 0 Å². The molecular weight excluding hydrogens is 328 g/mol. The Morgan fingerprint density at radius 3 is 1.95 bits per heavy atom. The molecule has 0 radical (unpaired) electrons. The Morgan fingerprint density at radius 1 is 1.00 bits per heavy atom. The third-order valence-electron chi connectivity index (χ3n) is 3.60. The van der Waals surface area contributed by atoms with Gasteiger partial charge in [-0.15, -0.1) is 17.0 Å². The summed E-state index contributed by atoms with van der Waals surface area (Å²) in [5, 5.41) is 2.79. The second kappa shape index (κ2) is 17.7. The lowest BCUT2D eigenvalue weighted by Gasteiger charge is -2.16. The fraction of sp³-hybridized carbons (Fsp3) is 0.824. The second-order valence-electron chi connectivity index (χ2n) is 5.66. The van der Waals surface area contributed by atoms with Crippen molar-refractivity contribution in [1.82, 2.24) is 10.2 Å². The Hall–Kier alpha value is -0.350. The van der Waals surface area contributed by atoms with Crippen molar-refractivity contribution in [2.45, 2.75) is 71.1 Å². The van der Waals surface area contributed by atoms with Gasteiger partial charge < -0.3 is 5.32 Å². The number of nitrogens with zero attached hydrogens (tertiary/aromatic N) is 1. The molecule has 0 rings (SSSR count). The van der Waals surface area contributed by atoms with Crippen molar-refractivity contribution < 1.29 is 4.79 Å². The highest BCUT2D eigenvalue weighted by atomic mass is 79.9. The number of hydrogen-bond acceptors (Lipinski definition) is 2. The zero-order valence-electron chi connectivity index (χ0n) is 14.0. The summed E-state index contributed by atoms with van der Waals surface area (Å²) in [5.41, 5.74) is 0. The molecule has 0 saturated carbocycles. The number of rotatable bonds is 14. The smallest absolute Gasteiger partial charge is 0.244 e. The molecular formula is C17H35BrN2O. The minimum absolute atomic E-state index is 0. The Balaban J connectivity index is 0. The molecule has 0 unspecified atom stereocenters. The van der Waals surface area contributed by atoms with Crippen molar-refractivity contribution in [2.75, 3.05) is 20.3 Å². The molecule has 126 valence electrons. The Bertz CT molecular complexity index is 247. The number of nitrogens with one attached hydrogen (secondary N) is 1. The molecule has 0 aromatic carbocycles. The van der Waals surface area contributed by atoms with Crippen LogP contribution < -0.4 is 5.32 Å². The lowest BCUT2D eigenvalue weighted by Crippen LogP contribution is -2.34. The largest absolute Gasteiger partial charge is 0.340 e. The molecule has 0 aliphatic carbocycles. The highest BCUT2D eigenvalue weighted by Gasteiger charge is 1.99. The SMILES string of the molecule is Br.C=CC(=O)NCN(C)CCCCCCCCCCCC. The summed E-state index contributed by atoms with van der Waals surface area (Å²) in [6.07, 6.45) is 14.9. The zero-order valence-corrected chi connectivity index (χ0v) is 15.7. The van der Waals surface area contributed by atoms with E-state index in [0.717, 1.165) is 6.54 Å². The highest BCUT2D eigenvalue weighted by Crippen LogP contribution is 2.10. The molecule has 0 aromatic heterocycles. The zero-order chi connectivity index (χ0) is 15.1. The monoisotopic (exact) mass is 362 g/mol. The van der Waals surface area contributed by atoms with Gasteiger partial charge in [-0.1, -0.05) is 71.3 Å². The molecule has 0 bridgehead atoms. The standard InChI is InChI=1S/C17H34N2O.BrH/c1-4-6-7-8-9-10-11-12-13-14-15-19(3)16-18-17(20)5-2;/h5H,2,4,6-16H2,1,3H3,(H,18,20);1H. The molecule has 0 aliphatic heterocycles. The number of unbranched alkanes of at least 4 members (excludes halogenated alkanes) is 9. The molecule has 0 aliphatic rings. The van der Waals surface area contributed by atoms with E-state index in [-0.39, 0.29) is 22.9 Å². The first-order chi connectivity index (χ1) is 9.70. The van der Waals surface area contributed by atoms with Crippen LogP contribution in [0.1, 0.15) is 71.1 Å². The lowest BCUT2D eigenvalue weighted by atomic mass is 10.1. The van der Waals surface area contributed by atoms with E-state index in [0.29, 0.717) is 6.67 Å². The van der Waals surface area contributed by atoms with E-state index in [2.05, 4.69) is 23.7 Å². The number of halogens is 1. The highest BCUT2D eigenvalue weighted by molar-refractivity contribution is 8.93. The maximum Gasteiger partial charge on any atom is 0.244 e. The van der Waals surface area contributed by atoms with E-state index >= 15 is 0 Å². The first-order valence-corrected chi connectivity index (χ1v) is 8.29. The Kier molecular flexibility index (Phi) is 19.3. The van der Waals surface area contributed by atoms with Crippen LogP contribution in [-0.4, -0.2) is 31.1 Å². The van der Waals surface area contributed by atoms with Crippen molar-refractivity contribution in [1.29, 1.82) is 0 Å². The van der Waals surface area contributed by atoms with Gasteiger partial charge in [0.25, 0.3) is 0 Å². The van der Waals surface area contributed by atoms with E-state index < -0.39 is 0 Å². The molecule has 0 atom stereocenters. The summed E-state index contributed by atoms with van der Waals surface area (Å²) in [6.45, 7) is 7.36. The van der Waals surface area contributed by atoms with Gasteiger partial charge in [0.2, 0.25) is 5.91 Å². The number of carbonyl (C=O) groups is 1. The molecule has 3 nitrogen and oxygen atoms in total. The van der Waals surface area contributed by atoms with Crippen molar-refractivity contribution >= 4 is 22.9 Å². The van der Waals surface area contributed by atoms with Crippen LogP contribution in [0.4, 0.5) is 0 Å². The van der Waals surface area contributed by atoms with Gasteiger partial charge in [0.1, 0.15) is 0 Å². The van der Waals surface area contributed by atoms with Crippen LogP contribution in [0.5, 0.6) is 0 Å². The van der Waals surface area contributed by atoms with Crippen molar-refractivity contribution in [2.24, 2.45) is 0 Å². The third-order valence-corrected chi connectivity index (χ3v) is 3.60. The number of hydrogen-bond donors (Lipinski definition) is 1. The molecule has 1 N–H and O–H groups in total. The normalized spacial score (nSPS) is 10.2. The first-order valence-electron chi connectivity index (χ1n) is 8.29. The lowest BCUT2D eigenvalue weighted by molar-refractivity contribution is -0.117. The average molecular weight is 363 g/mol. The van der Waals surface area contributed by atoms with Gasteiger partial charge in [0.15, 0.2) is 0 Å². The van der Waals surface area contributed by atoms with Gasteiger partial charge in [-0.3, -0.25) is 9.69 Å². The van der Waals surface area contributed by atoms with Crippen molar-refractivity contribution in [3.8, 4) is 0 Å². The predicted molar refractivity (Wildman–Crippen MR) is 98.0 cm³/mol. The minimum Gasteiger partial charge on any atom is -0.340 e. The third kappa shape index (κ3) is 17.6. The van der Waals surface area contributed by atoms with E-state index in [1.54, 1.807) is 0 Å². The van der Waals surface area contributed by atoms with Gasteiger partial charge in [-0.05, 0) is 26.1 Å². The summed E-state index contributed by atoms with van der Waals surface area (Å²) in [5.74, 6) is -0.0973. The number of carbonyl (C=O) groups excluding carboxylic acids is 1. The van der Waals surface area contributed by atoms with Crippen molar-refractivity contribution in [3.63, 3.8) is 0 Å². The first kappa shape index (κ1) is 22.9. The quantitative estimate of drug-likeness (QED) is 0.276. The van der Waals surface area contributed by atoms with Crippen LogP contribution in [0.15, 0.2) is 12.7 Å². The van der Waals surface area contributed by atoms with Crippen molar-refractivity contribution in [3.05, 3.63) is 12.7 Å². The van der Waals surface area contributed by atoms with Gasteiger partial charge >= 0.3 is 0 Å². The van der Waals surface area contributed by atoms with Crippen LogP contribution in [0.3, 0.4) is 0 Å². The topological polar surface area (TPSA) is 32.3 Å². The van der Waals surface area contributed by atoms with Gasteiger partial charge in [0, 0.05) is 0 Å². The van der Waals surface area contributed by atoms with E-state index in [9.17, 15) is 4.79 Å². The minimum atomic E-state index is -0.0973. The molecule has 21 heavy (non-hydrogen) atoms. The molecule has 0 spiro atoms. The molecule has 1 amide bonds. The molecule has 0 fully saturated rings. The van der Waals surface area contributed by atoms with Crippen LogP contribution in [0.25, 0.3) is 0 Å². The average Bonchev–Trinajstić information content (AvgIpc) is 2.46. The summed E-state index contributed by atoms with van der Waals surface area (Å²) >= 11 is 0. The molecule has 4 heteroatoms. The summed E-state index contributed by atoms with van der Waals surface area (Å²) in [4.78, 5) is 13.1. The maximum absolute atomic E-state index is 11.0. The number of amides is 1. The van der Waals surface area contributed by atoms with Crippen LogP contribution in [0.2, 0.25) is 0 Å². The summed E-state index contributed by atoms with van der Waals surface area (Å²) in [7, 11) is 2.04. The maximum atomic E-state index is 11.0. The molecule has 0 saturated heterocycles. The fourth-order valence-corrected chi connectivity index (χ4v) is 2.23. The predicted octanol–water partition coefficient (Wildman–Crippen LogP) is 4.68. The Morgan fingerprint density at radius 2 is 1.48 bits per heavy atom. The van der Waals surface area contributed by atoms with Crippen LogP contribution >= 0.6 is 17.0 Å². The summed E-state index contributed by atoms with van der Waals surface area (Å²) < 4.78 is 0. The van der Waals surface area contributed by atoms with Gasteiger partial charge in [-0.2, -0.15) is 0 Å². The van der Waals surface area contributed by atoms with Crippen LogP contribution in [0, 0.1) is 0 Å². The van der Waals surface area contributed by atoms with E-state index in [1.807, 2.05) is 7.05 Å². The second-order valence-corrected chi connectivity index (χ2v) is 5.66. The van der Waals surface area contributed by atoms with E-state index in [1.165, 1.54) is 70.3 Å². The van der Waals surface area contributed by atoms with Gasteiger partial charge in [0.05, 0.1) is 6.67 Å². The molecule has 0 heterocycles. The van der Waals surface area contributed by atoms with E-state index in [4.69, 9.17) is 0 Å². The van der Waals surface area contributed by atoms with Crippen LogP contribution in [-0.2, 0) is 4.79 Å². The molecule has 0 aromatic rings.